The van der Waals surface area contributed by atoms with Crippen LogP contribution in [-0.2, 0) is 0 Å². The number of rotatable bonds is 5. The van der Waals surface area contributed by atoms with E-state index >= 15 is 0 Å². The molecule has 0 fully saturated rings. The average Bonchev–Trinajstić information content (AvgIpc) is 3.21. The molecule has 4 aromatic rings. The second-order valence-electron chi connectivity index (χ2n) is 7.01. The number of aromatic carboxylic acids is 1. The predicted molar refractivity (Wildman–Crippen MR) is 113 cm³/mol. The summed E-state index contributed by atoms with van der Waals surface area (Å²) in [5.41, 5.74) is 8.89. The molecule has 10 nitrogen and oxygen atoms in total. The Labute approximate surface area is 177 Å². The van der Waals surface area contributed by atoms with Crippen LogP contribution in [0.2, 0.25) is 0 Å². The Bertz CT molecular complexity index is 1360. The minimum absolute atomic E-state index is 0.0793. The van der Waals surface area contributed by atoms with Crippen LogP contribution in [0.25, 0.3) is 16.8 Å². The number of nitrogen functional groups attached to an aromatic ring is 1. The quantitative estimate of drug-likeness (QED) is 0.447. The lowest BCUT2D eigenvalue weighted by Gasteiger charge is -2.16. The zero-order valence-corrected chi connectivity index (χ0v) is 16.7. The van der Waals surface area contributed by atoms with Gasteiger partial charge in [-0.05, 0) is 49.7 Å². The molecule has 0 aliphatic rings. The highest BCUT2D eigenvalue weighted by Gasteiger charge is 2.18. The molecule has 4 N–H and O–H groups in total. The van der Waals surface area contributed by atoms with Crippen molar-refractivity contribution in [3.8, 4) is 17.3 Å². The van der Waals surface area contributed by atoms with Gasteiger partial charge < -0.3 is 16.2 Å². The van der Waals surface area contributed by atoms with E-state index in [4.69, 9.17) is 10.7 Å². The number of fused-ring (bicyclic) bond motifs is 1. The van der Waals surface area contributed by atoms with Crippen LogP contribution < -0.4 is 11.1 Å². The van der Waals surface area contributed by atoms with Crippen LogP contribution in [0, 0.1) is 18.3 Å². The summed E-state index contributed by atoms with van der Waals surface area (Å²) in [5.74, 6) is -0.219. The molecule has 0 spiro atoms. The third-order valence-corrected chi connectivity index (χ3v) is 4.73. The number of carboxylic acid groups (broad SMARTS) is 1. The normalized spacial score (nSPS) is 11.8. The molecule has 1 atom stereocenters. The maximum atomic E-state index is 11.5. The van der Waals surface area contributed by atoms with Gasteiger partial charge in [0.05, 0.1) is 22.8 Å². The van der Waals surface area contributed by atoms with Crippen LogP contribution >= 0.6 is 0 Å². The minimum Gasteiger partial charge on any atom is -0.478 e. The summed E-state index contributed by atoms with van der Waals surface area (Å²) in [7, 11) is 0. The van der Waals surface area contributed by atoms with E-state index in [1.54, 1.807) is 22.8 Å². The highest BCUT2D eigenvalue weighted by molar-refractivity contribution is 5.90. The zero-order valence-electron chi connectivity index (χ0n) is 16.7. The number of carbonyl (C=O) groups is 1. The summed E-state index contributed by atoms with van der Waals surface area (Å²) in [6.45, 7) is 3.66. The number of nitriles is 1. The first-order valence-electron chi connectivity index (χ1n) is 9.35. The van der Waals surface area contributed by atoms with Crippen LogP contribution in [0.5, 0.6) is 0 Å². The van der Waals surface area contributed by atoms with E-state index < -0.39 is 12.0 Å². The van der Waals surface area contributed by atoms with E-state index in [9.17, 15) is 15.2 Å². The Morgan fingerprint density at radius 2 is 2.13 bits per heavy atom. The molecule has 0 amide bonds. The van der Waals surface area contributed by atoms with E-state index in [-0.39, 0.29) is 22.8 Å². The molecular weight excluding hydrogens is 396 g/mol. The number of hydrogen-bond acceptors (Lipinski definition) is 8. The van der Waals surface area contributed by atoms with E-state index in [0.29, 0.717) is 17.1 Å². The van der Waals surface area contributed by atoms with Gasteiger partial charge in [0.2, 0.25) is 0 Å². The third kappa shape index (κ3) is 3.72. The second-order valence-corrected chi connectivity index (χ2v) is 7.01. The van der Waals surface area contributed by atoms with Crippen LogP contribution in [0.3, 0.4) is 0 Å². The topological polar surface area (TPSA) is 155 Å². The van der Waals surface area contributed by atoms with Crippen LogP contribution in [0.1, 0.15) is 40.3 Å². The van der Waals surface area contributed by atoms with Crippen molar-refractivity contribution in [2.45, 2.75) is 19.9 Å². The van der Waals surface area contributed by atoms with Crippen molar-refractivity contribution in [3.63, 3.8) is 0 Å². The number of nitrogens with one attached hydrogen (secondary N) is 1. The van der Waals surface area contributed by atoms with Gasteiger partial charge in [0.15, 0.2) is 5.82 Å². The van der Waals surface area contributed by atoms with Crippen molar-refractivity contribution < 1.29 is 9.90 Å². The van der Waals surface area contributed by atoms with Crippen LogP contribution in [-0.4, -0.2) is 35.6 Å². The van der Waals surface area contributed by atoms with Gasteiger partial charge >= 0.3 is 5.97 Å². The molecule has 0 aliphatic heterocycles. The third-order valence-electron chi connectivity index (χ3n) is 4.73. The average molecular weight is 414 g/mol. The molecule has 0 saturated heterocycles. The minimum atomic E-state index is -1.01. The fourth-order valence-corrected chi connectivity index (χ4v) is 3.28. The maximum absolute atomic E-state index is 11.5. The molecule has 4 rings (SSSR count). The molecule has 3 heterocycles. The highest BCUT2D eigenvalue weighted by atomic mass is 16.4. The summed E-state index contributed by atoms with van der Waals surface area (Å²) >= 11 is 0. The Hall–Kier alpha value is -4.52. The molecule has 0 saturated carbocycles. The van der Waals surface area contributed by atoms with Crippen LogP contribution in [0.15, 0.2) is 42.9 Å². The van der Waals surface area contributed by atoms with Crippen molar-refractivity contribution in [1.82, 2.24) is 24.6 Å². The molecule has 3 aromatic heterocycles. The van der Waals surface area contributed by atoms with Gasteiger partial charge in [0.25, 0.3) is 0 Å². The first-order valence-corrected chi connectivity index (χ1v) is 9.35. The van der Waals surface area contributed by atoms with Crippen molar-refractivity contribution in [1.29, 1.82) is 5.26 Å². The van der Waals surface area contributed by atoms with Gasteiger partial charge in [-0.3, -0.25) is 0 Å². The number of benzene rings is 1. The number of carboxylic acids is 1. The van der Waals surface area contributed by atoms with Crippen molar-refractivity contribution in [2.24, 2.45) is 0 Å². The van der Waals surface area contributed by atoms with Crippen molar-refractivity contribution in [3.05, 3.63) is 65.4 Å². The predicted octanol–water partition coefficient (Wildman–Crippen LogP) is 2.82. The highest BCUT2D eigenvalue weighted by Crippen LogP contribution is 2.27. The fraction of sp³-hybridized carbons (Fsp3) is 0.143. The van der Waals surface area contributed by atoms with Gasteiger partial charge in [-0.2, -0.15) is 10.4 Å². The van der Waals surface area contributed by atoms with Crippen LogP contribution in [0.4, 0.5) is 11.6 Å². The molecule has 0 unspecified atom stereocenters. The van der Waals surface area contributed by atoms with E-state index in [1.807, 2.05) is 38.1 Å². The maximum Gasteiger partial charge on any atom is 0.335 e. The molecular formula is C21H18N8O2. The van der Waals surface area contributed by atoms with Crippen molar-refractivity contribution in [2.75, 3.05) is 11.1 Å². The Morgan fingerprint density at radius 3 is 2.87 bits per heavy atom. The Balaban J connectivity index is 1.81. The molecule has 1 aromatic carbocycles. The molecule has 0 radical (unpaired) electrons. The summed E-state index contributed by atoms with van der Waals surface area (Å²) < 4.78 is 1.68. The molecule has 0 aliphatic carbocycles. The largest absolute Gasteiger partial charge is 0.478 e. The first-order chi connectivity index (χ1) is 14.9. The number of anilines is 2. The molecule has 154 valence electrons. The lowest BCUT2D eigenvalue weighted by Crippen LogP contribution is -2.16. The van der Waals surface area contributed by atoms with Gasteiger partial charge in [-0.1, -0.05) is 0 Å². The summed E-state index contributed by atoms with van der Waals surface area (Å²) in [4.78, 5) is 24.2. The zero-order chi connectivity index (χ0) is 22.1. The van der Waals surface area contributed by atoms with E-state index in [0.717, 1.165) is 11.1 Å². The standard InChI is InChI=1S/C21H18N8O2/c1-11-6-13(8-14(7-11)21(30)31)17-16-4-3-5-29(16)28-19(27-17)12(2)26-20-15(9-22)18(23)24-10-25-20/h3-8,10,12H,1-2H3,(H,30,31)(H3,23,24,25,26)/t12-/m0/s1. The van der Waals surface area contributed by atoms with Gasteiger partial charge in [0.1, 0.15) is 29.6 Å². The Kier molecular flexibility index (Phi) is 4.92. The number of aryl methyl sites for hydroxylation is 1. The van der Waals surface area contributed by atoms with Crippen molar-refractivity contribution >= 4 is 23.1 Å². The lowest BCUT2D eigenvalue weighted by atomic mass is 10.0. The molecule has 10 heteroatoms. The van der Waals surface area contributed by atoms with Gasteiger partial charge in [0, 0.05) is 11.8 Å². The molecule has 31 heavy (non-hydrogen) atoms. The smallest absolute Gasteiger partial charge is 0.335 e. The summed E-state index contributed by atoms with van der Waals surface area (Å²) in [6, 6.07) is 10.3. The summed E-state index contributed by atoms with van der Waals surface area (Å²) in [6.07, 6.45) is 3.06. The fourth-order valence-electron chi connectivity index (χ4n) is 3.28. The van der Waals surface area contributed by atoms with Gasteiger partial charge in [-0.25, -0.2) is 24.3 Å². The number of nitrogens with zero attached hydrogens (tertiary/aromatic N) is 6. The molecule has 0 bridgehead atoms. The number of aromatic nitrogens is 5. The monoisotopic (exact) mass is 414 g/mol. The first kappa shape index (κ1) is 19.8. The number of nitrogens with two attached hydrogens (primary N) is 1. The number of hydrogen-bond donors (Lipinski definition) is 3. The Morgan fingerprint density at radius 1 is 1.32 bits per heavy atom. The van der Waals surface area contributed by atoms with E-state index in [1.165, 1.54) is 6.33 Å². The van der Waals surface area contributed by atoms with Gasteiger partial charge in [-0.15, -0.1) is 0 Å². The summed E-state index contributed by atoms with van der Waals surface area (Å²) in [5, 5.41) is 26.4. The SMILES string of the molecule is Cc1cc(C(=O)O)cc(-c2nc([C@H](C)Nc3ncnc(N)c3C#N)nn3cccc23)c1. The second kappa shape index (κ2) is 7.72. The van der Waals surface area contributed by atoms with E-state index in [2.05, 4.69) is 20.4 Å². The lowest BCUT2D eigenvalue weighted by molar-refractivity contribution is 0.0697.